The molecule has 2 aromatic rings. The lowest BCUT2D eigenvalue weighted by Gasteiger charge is -2.32. The molecule has 0 spiro atoms. The van der Waals surface area contributed by atoms with Crippen molar-refractivity contribution in [3.8, 4) is 0 Å². The second-order valence-electron chi connectivity index (χ2n) is 6.50. The number of hydrogen-bond donors (Lipinski definition) is 2. The van der Waals surface area contributed by atoms with Crippen molar-refractivity contribution in [2.24, 2.45) is 5.92 Å². The van der Waals surface area contributed by atoms with E-state index >= 15 is 0 Å². The first kappa shape index (κ1) is 19.7. The number of aliphatic hydroxyl groups excluding tert-OH is 1. The van der Waals surface area contributed by atoms with Crippen LogP contribution >= 0.6 is 23.2 Å². The van der Waals surface area contributed by atoms with Gasteiger partial charge in [-0.2, -0.15) is 0 Å². The number of likely N-dealkylation sites (tertiary alicyclic amines) is 1. The molecule has 0 saturated carbocycles. The van der Waals surface area contributed by atoms with Gasteiger partial charge in [-0.15, -0.1) is 0 Å². The van der Waals surface area contributed by atoms with E-state index in [2.05, 4.69) is 5.32 Å². The molecule has 1 fully saturated rings. The molecule has 144 valence electrons. The molecule has 27 heavy (non-hydrogen) atoms. The van der Waals surface area contributed by atoms with Gasteiger partial charge in [-0.25, -0.2) is 0 Å². The van der Waals surface area contributed by atoms with Gasteiger partial charge in [0.15, 0.2) is 0 Å². The molecule has 1 saturated heterocycles. The van der Waals surface area contributed by atoms with Crippen LogP contribution < -0.4 is 5.32 Å². The Kier molecular flexibility index (Phi) is 6.42. The lowest BCUT2D eigenvalue weighted by molar-refractivity contribution is -0.126. The minimum Gasteiger partial charge on any atom is -0.467 e. The van der Waals surface area contributed by atoms with Crippen molar-refractivity contribution in [1.29, 1.82) is 0 Å². The highest BCUT2D eigenvalue weighted by molar-refractivity contribution is 6.42. The van der Waals surface area contributed by atoms with Crippen LogP contribution in [0.1, 0.15) is 35.1 Å². The molecule has 8 heteroatoms. The third-order valence-electron chi connectivity index (χ3n) is 4.59. The average molecular weight is 411 g/mol. The highest BCUT2D eigenvalue weighted by Gasteiger charge is 2.29. The summed E-state index contributed by atoms with van der Waals surface area (Å²) in [5.74, 6) is -0.293. The molecule has 0 radical (unpaired) electrons. The van der Waals surface area contributed by atoms with Gasteiger partial charge in [0.2, 0.25) is 5.91 Å². The molecule has 1 aromatic carbocycles. The molecular weight excluding hydrogens is 391 g/mol. The molecular formula is C19H20Cl2N2O4. The maximum Gasteiger partial charge on any atom is 0.253 e. The van der Waals surface area contributed by atoms with Crippen molar-refractivity contribution < 1.29 is 19.1 Å². The van der Waals surface area contributed by atoms with Gasteiger partial charge in [0.25, 0.3) is 5.91 Å². The normalized spacial score (nSPS) is 18.2. The van der Waals surface area contributed by atoms with Crippen molar-refractivity contribution in [1.82, 2.24) is 10.2 Å². The monoisotopic (exact) mass is 410 g/mol. The summed E-state index contributed by atoms with van der Waals surface area (Å²) in [6.45, 7) is 0.962. The molecule has 1 aliphatic rings. The molecule has 6 nitrogen and oxygen atoms in total. The SMILES string of the molecule is O=C(NCC(O)c1ccco1)C1CCCN(C(=O)c2ccc(Cl)c(Cl)c2)C1. The Labute approximate surface area is 167 Å². The standard InChI is InChI=1S/C19H20Cl2N2O4/c20-14-6-5-12(9-15(14)21)19(26)23-7-1-3-13(11-23)18(25)22-10-16(24)17-4-2-8-27-17/h2,4-6,8-9,13,16,24H,1,3,7,10-11H2,(H,22,25). The second-order valence-corrected chi connectivity index (χ2v) is 7.31. The van der Waals surface area contributed by atoms with Crippen LogP contribution in [0.25, 0.3) is 0 Å². The highest BCUT2D eigenvalue weighted by atomic mass is 35.5. The fourth-order valence-electron chi connectivity index (χ4n) is 3.11. The van der Waals surface area contributed by atoms with Gasteiger partial charge in [0, 0.05) is 18.7 Å². The summed E-state index contributed by atoms with van der Waals surface area (Å²) in [6, 6.07) is 8.07. The van der Waals surface area contributed by atoms with Crippen molar-refractivity contribution in [3.05, 3.63) is 58.0 Å². The highest BCUT2D eigenvalue weighted by Crippen LogP contribution is 2.25. The van der Waals surface area contributed by atoms with E-state index in [0.717, 1.165) is 6.42 Å². The number of carbonyl (C=O) groups is 2. The van der Waals surface area contributed by atoms with Crippen molar-refractivity contribution in [2.75, 3.05) is 19.6 Å². The lowest BCUT2D eigenvalue weighted by atomic mass is 9.96. The summed E-state index contributed by atoms with van der Waals surface area (Å²) in [6.07, 6.45) is 1.98. The van der Waals surface area contributed by atoms with Crippen LogP contribution in [-0.2, 0) is 4.79 Å². The zero-order chi connectivity index (χ0) is 19.4. The van der Waals surface area contributed by atoms with Gasteiger partial charge < -0.3 is 19.7 Å². The molecule has 0 aliphatic carbocycles. The van der Waals surface area contributed by atoms with Gasteiger partial charge >= 0.3 is 0 Å². The molecule has 2 N–H and O–H groups in total. The number of hydrogen-bond acceptors (Lipinski definition) is 4. The molecule has 2 heterocycles. The van der Waals surface area contributed by atoms with Crippen LogP contribution in [-0.4, -0.2) is 41.5 Å². The van der Waals surface area contributed by atoms with E-state index < -0.39 is 6.10 Å². The Hall–Kier alpha value is -2.02. The molecule has 1 aromatic heterocycles. The summed E-state index contributed by atoms with van der Waals surface area (Å²) in [7, 11) is 0. The van der Waals surface area contributed by atoms with Gasteiger partial charge in [-0.1, -0.05) is 23.2 Å². The van der Waals surface area contributed by atoms with Crippen LogP contribution in [0.15, 0.2) is 41.0 Å². The Morgan fingerprint density at radius 2 is 2.11 bits per heavy atom. The Bertz CT molecular complexity index is 810. The summed E-state index contributed by atoms with van der Waals surface area (Å²) >= 11 is 11.9. The number of rotatable bonds is 5. The Morgan fingerprint density at radius 1 is 1.30 bits per heavy atom. The van der Waals surface area contributed by atoms with E-state index in [-0.39, 0.29) is 24.3 Å². The number of benzene rings is 1. The fourth-order valence-corrected chi connectivity index (χ4v) is 3.41. The van der Waals surface area contributed by atoms with E-state index in [0.29, 0.717) is 40.9 Å². The van der Waals surface area contributed by atoms with E-state index in [1.165, 1.54) is 12.3 Å². The van der Waals surface area contributed by atoms with Crippen LogP contribution in [0.2, 0.25) is 10.0 Å². The number of aliphatic hydroxyl groups is 1. The zero-order valence-corrected chi connectivity index (χ0v) is 16.0. The fraction of sp³-hybridized carbons (Fsp3) is 0.368. The van der Waals surface area contributed by atoms with E-state index in [1.807, 2.05) is 0 Å². The average Bonchev–Trinajstić information content (AvgIpc) is 3.22. The number of nitrogens with one attached hydrogen (secondary N) is 1. The van der Waals surface area contributed by atoms with E-state index in [1.54, 1.807) is 29.2 Å². The quantitative estimate of drug-likeness (QED) is 0.791. The van der Waals surface area contributed by atoms with Crippen molar-refractivity contribution >= 4 is 35.0 Å². The smallest absolute Gasteiger partial charge is 0.253 e. The number of halogens is 2. The first-order valence-corrected chi connectivity index (χ1v) is 9.45. The van der Waals surface area contributed by atoms with Gasteiger partial charge in [0.05, 0.1) is 28.8 Å². The predicted molar refractivity (Wildman–Crippen MR) is 102 cm³/mol. The van der Waals surface area contributed by atoms with Crippen molar-refractivity contribution in [3.63, 3.8) is 0 Å². The second kappa shape index (κ2) is 8.78. The third kappa shape index (κ3) is 4.83. The van der Waals surface area contributed by atoms with Crippen LogP contribution in [0.4, 0.5) is 0 Å². The van der Waals surface area contributed by atoms with Gasteiger partial charge in [-0.3, -0.25) is 9.59 Å². The minimum absolute atomic E-state index is 0.0591. The Morgan fingerprint density at radius 3 is 2.81 bits per heavy atom. The zero-order valence-electron chi connectivity index (χ0n) is 14.5. The molecule has 2 amide bonds. The predicted octanol–water partition coefficient (Wildman–Crippen LogP) is 3.29. The number of amides is 2. The van der Waals surface area contributed by atoms with Crippen LogP contribution in [0.3, 0.4) is 0 Å². The third-order valence-corrected chi connectivity index (χ3v) is 5.33. The summed E-state index contributed by atoms with van der Waals surface area (Å²) in [5, 5.41) is 13.4. The first-order valence-electron chi connectivity index (χ1n) is 8.69. The van der Waals surface area contributed by atoms with E-state index in [4.69, 9.17) is 27.6 Å². The molecule has 2 atom stereocenters. The molecule has 2 unspecified atom stereocenters. The summed E-state index contributed by atoms with van der Waals surface area (Å²) < 4.78 is 5.11. The summed E-state index contributed by atoms with van der Waals surface area (Å²) in [4.78, 5) is 26.8. The maximum atomic E-state index is 12.7. The largest absolute Gasteiger partial charge is 0.467 e. The van der Waals surface area contributed by atoms with E-state index in [9.17, 15) is 14.7 Å². The van der Waals surface area contributed by atoms with Crippen LogP contribution in [0, 0.1) is 5.92 Å². The first-order chi connectivity index (χ1) is 13.0. The molecule has 1 aliphatic heterocycles. The molecule has 3 rings (SSSR count). The minimum atomic E-state index is -0.901. The number of nitrogens with zero attached hydrogens (tertiary/aromatic N) is 1. The Balaban J connectivity index is 1.57. The van der Waals surface area contributed by atoms with Gasteiger partial charge in [-0.05, 0) is 43.2 Å². The topological polar surface area (TPSA) is 82.8 Å². The number of furan rings is 1. The van der Waals surface area contributed by atoms with Gasteiger partial charge in [0.1, 0.15) is 11.9 Å². The summed E-state index contributed by atoms with van der Waals surface area (Å²) in [5.41, 5.74) is 0.443. The number of piperidine rings is 1. The number of carbonyl (C=O) groups excluding carboxylic acids is 2. The maximum absolute atomic E-state index is 12.7. The van der Waals surface area contributed by atoms with Crippen molar-refractivity contribution in [2.45, 2.75) is 18.9 Å². The lowest BCUT2D eigenvalue weighted by Crippen LogP contribution is -2.46. The molecule has 0 bridgehead atoms. The van der Waals surface area contributed by atoms with Crippen LogP contribution in [0.5, 0.6) is 0 Å².